The molecule has 0 unspecified atom stereocenters. The van der Waals surface area contributed by atoms with Gasteiger partial charge in [0.1, 0.15) is 11.4 Å². The van der Waals surface area contributed by atoms with E-state index < -0.39 is 11.4 Å². The molecule has 0 atom stereocenters. The molecule has 5 heteroatoms. The first-order valence-corrected chi connectivity index (χ1v) is 10.9. The van der Waals surface area contributed by atoms with Crippen molar-refractivity contribution in [2.24, 2.45) is 0 Å². The second kappa shape index (κ2) is 8.17. The standard InChI is InChI=1S/C27H18BrFN2O/c28-26-22-17-30-31(25(22)16-24(29)23(26)18-32)27(19-10-4-1-5-11-19,20-12-6-2-7-13-20)21-14-8-3-9-15-21/h1-18H. The Morgan fingerprint density at radius 1 is 0.812 bits per heavy atom. The number of halogens is 2. The molecule has 0 aliphatic carbocycles. The predicted molar refractivity (Wildman–Crippen MR) is 127 cm³/mol. The fraction of sp³-hybridized carbons (Fsp3) is 0.0370. The maximum absolute atomic E-state index is 14.9. The molecule has 0 N–H and O–H groups in total. The molecule has 0 aliphatic rings. The van der Waals surface area contributed by atoms with Crippen LogP contribution >= 0.6 is 15.9 Å². The second-order valence-corrected chi connectivity index (χ2v) is 8.29. The molecular weight excluding hydrogens is 467 g/mol. The first kappa shape index (κ1) is 20.3. The highest BCUT2D eigenvalue weighted by molar-refractivity contribution is 9.10. The van der Waals surface area contributed by atoms with Gasteiger partial charge in [0.2, 0.25) is 0 Å². The molecule has 156 valence electrons. The van der Waals surface area contributed by atoms with Crippen molar-refractivity contribution in [3.63, 3.8) is 0 Å². The van der Waals surface area contributed by atoms with Crippen LogP contribution in [0.5, 0.6) is 0 Å². The number of carbonyl (C=O) groups excluding carboxylic acids is 1. The van der Waals surface area contributed by atoms with Gasteiger partial charge in [-0.05, 0) is 32.6 Å². The van der Waals surface area contributed by atoms with Gasteiger partial charge < -0.3 is 0 Å². The van der Waals surface area contributed by atoms with Crippen LogP contribution in [0.4, 0.5) is 4.39 Å². The molecule has 0 saturated heterocycles. The summed E-state index contributed by atoms with van der Waals surface area (Å²) in [5, 5.41) is 5.45. The largest absolute Gasteiger partial charge is 0.298 e. The van der Waals surface area contributed by atoms with Crippen LogP contribution < -0.4 is 0 Å². The lowest BCUT2D eigenvalue weighted by molar-refractivity contribution is 0.111. The highest BCUT2D eigenvalue weighted by atomic mass is 79.9. The first-order chi connectivity index (χ1) is 15.7. The van der Waals surface area contributed by atoms with Crippen molar-refractivity contribution < 1.29 is 9.18 Å². The Kier molecular flexibility index (Phi) is 5.19. The Hall–Kier alpha value is -3.57. The van der Waals surface area contributed by atoms with E-state index in [9.17, 15) is 9.18 Å². The average Bonchev–Trinajstić information content (AvgIpc) is 3.26. The van der Waals surface area contributed by atoms with Crippen LogP contribution in [0.15, 0.2) is 108 Å². The topological polar surface area (TPSA) is 34.9 Å². The predicted octanol–water partition coefficient (Wildman–Crippen LogP) is 6.59. The van der Waals surface area contributed by atoms with Gasteiger partial charge in [-0.2, -0.15) is 5.10 Å². The van der Waals surface area contributed by atoms with Crippen LogP contribution in [0, 0.1) is 5.82 Å². The van der Waals surface area contributed by atoms with E-state index in [0.717, 1.165) is 16.7 Å². The summed E-state index contributed by atoms with van der Waals surface area (Å²) in [5.41, 5.74) is 2.66. The lowest BCUT2D eigenvalue weighted by atomic mass is 9.77. The van der Waals surface area contributed by atoms with Crippen LogP contribution in [-0.2, 0) is 5.54 Å². The van der Waals surface area contributed by atoms with Gasteiger partial charge in [-0.1, -0.05) is 91.0 Å². The molecule has 1 aromatic heterocycles. The number of hydrogen-bond donors (Lipinski definition) is 0. The third kappa shape index (κ3) is 3.00. The summed E-state index contributed by atoms with van der Waals surface area (Å²) in [6.07, 6.45) is 2.20. The highest BCUT2D eigenvalue weighted by Gasteiger charge is 2.40. The summed E-state index contributed by atoms with van der Waals surface area (Å²) < 4.78 is 17.2. The van der Waals surface area contributed by atoms with E-state index in [1.807, 2.05) is 59.3 Å². The van der Waals surface area contributed by atoms with Crippen LogP contribution in [0.3, 0.4) is 0 Å². The summed E-state index contributed by atoms with van der Waals surface area (Å²) in [5.74, 6) is -0.593. The number of rotatable bonds is 5. The fourth-order valence-corrected chi connectivity index (χ4v) is 4.98. The van der Waals surface area contributed by atoms with Crippen molar-refractivity contribution in [2.75, 3.05) is 0 Å². The lowest BCUT2D eigenvalue weighted by Crippen LogP contribution is -2.38. The Bertz CT molecular complexity index is 1300. The first-order valence-electron chi connectivity index (χ1n) is 10.2. The number of aromatic nitrogens is 2. The maximum atomic E-state index is 14.9. The quantitative estimate of drug-likeness (QED) is 0.208. The molecule has 5 rings (SSSR count). The van der Waals surface area contributed by atoms with E-state index in [1.165, 1.54) is 6.07 Å². The number of fused-ring (bicyclic) bond motifs is 1. The van der Waals surface area contributed by atoms with Gasteiger partial charge >= 0.3 is 0 Å². The van der Waals surface area contributed by atoms with Gasteiger partial charge in [0.15, 0.2) is 6.29 Å². The molecule has 0 amide bonds. The maximum Gasteiger partial charge on any atom is 0.154 e. The van der Waals surface area contributed by atoms with Gasteiger partial charge in [0, 0.05) is 15.9 Å². The van der Waals surface area contributed by atoms with Gasteiger partial charge in [0.25, 0.3) is 0 Å². The number of carbonyl (C=O) groups is 1. The Labute approximate surface area is 193 Å². The van der Waals surface area contributed by atoms with Gasteiger partial charge in [-0.3, -0.25) is 4.79 Å². The van der Waals surface area contributed by atoms with Gasteiger partial charge in [-0.15, -0.1) is 0 Å². The van der Waals surface area contributed by atoms with Gasteiger partial charge in [0.05, 0.1) is 17.3 Å². The molecule has 0 radical (unpaired) electrons. The molecule has 4 aromatic carbocycles. The van der Waals surface area contributed by atoms with Crippen LogP contribution in [-0.4, -0.2) is 16.1 Å². The van der Waals surface area contributed by atoms with E-state index in [0.29, 0.717) is 21.7 Å². The Morgan fingerprint density at radius 3 is 1.72 bits per heavy atom. The normalized spacial score (nSPS) is 11.6. The Balaban J connectivity index is 1.98. The van der Waals surface area contributed by atoms with Crippen LogP contribution in [0.1, 0.15) is 27.0 Å². The van der Waals surface area contributed by atoms with Crippen molar-refractivity contribution in [3.05, 3.63) is 136 Å². The molecule has 5 aromatic rings. The minimum Gasteiger partial charge on any atom is -0.298 e. The molecule has 0 saturated carbocycles. The van der Waals surface area contributed by atoms with Crippen molar-refractivity contribution in [3.8, 4) is 0 Å². The molecular formula is C27H18BrFN2O. The van der Waals surface area contributed by atoms with Crippen LogP contribution in [0.25, 0.3) is 10.9 Å². The molecule has 0 spiro atoms. The number of hydrogen-bond acceptors (Lipinski definition) is 2. The van der Waals surface area contributed by atoms with E-state index >= 15 is 0 Å². The second-order valence-electron chi connectivity index (χ2n) is 7.50. The van der Waals surface area contributed by atoms with E-state index in [-0.39, 0.29) is 5.56 Å². The molecule has 1 heterocycles. The smallest absolute Gasteiger partial charge is 0.154 e. The van der Waals surface area contributed by atoms with E-state index in [2.05, 4.69) is 52.3 Å². The monoisotopic (exact) mass is 484 g/mol. The summed E-state index contributed by atoms with van der Waals surface area (Å²) >= 11 is 3.42. The zero-order valence-electron chi connectivity index (χ0n) is 17.0. The zero-order chi connectivity index (χ0) is 22.1. The van der Waals surface area contributed by atoms with Gasteiger partial charge in [-0.25, -0.2) is 9.07 Å². The summed E-state index contributed by atoms with van der Waals surface area (Å²) in [7, 11) is 0. The van der Waals surface area contributed by atoms with E-state index in [4.69, 9.17) is 5.10 Å². The zero-order valence-corrected chi connectivity index (χ0v) is 18.5. The van der Waals surface area contributed by atoms with Crippen molar-refractivity contribution in [1.82, 2.24) is 9.78 Å². The SMILES string of the molecule is O=Cc1c(F)cc2c(cnn2C(c2ccccc2)(c2ccccc2)c2ccccc2)c1Br. The fourth-order valence-electron chi connectivity index (χ4n) is 4.39. The average molecular weight is 485 g/mol. The molecule has 3 nitrogen and oxygen atoms in total. The number of nitrogens with zero attached hydrogens (tertiary/aromatic N) is 2. The van der Waals surface area contributed by atoms with Crippen molar-refractivity contribution in [1.29, 1.82) is 0 Å². The number of aldehydes is 1. The lowest BCUT2D eigenvalue weighted by Gasteiger charge is -2.37. The minimum absolute atomic E-state index is 0.0122. The summed E-state index contributed by atoms with van der Waals surface area (Å²) in [4.78, 5) is 11.5. The van der Waals surface area contributed by atoms with Crippen LogP contribution in [0.2, 0.25) is 0 Å². The molecule has 32 heavy (non-hydrogen) atoms. The third-order valence-corrected chi connectivity index (χ3v) is 6.66. The Morgan fingerprint density at radius 2 is 1.28 bits per heavy atom. The molecule has 0 fully saturated rings. The summed E-state index contributed by atoms with van der Waals surface area (Å²) in [6, 6.07) is 31.6. The number of benzene rings is 4. The molecule has 0 aliphatic heterocycles. The summed E-state index contributed by atoms with van der Waals surface area (Å²) in [6.45, 7) is 0. The minimum atomic E-state index is -0.861. The van der Waals surface area contributed by atoms with Crippen molar-refractivity contribution >= 4 is 33.1 Å². The highest BCUT2D eigenvalue weighted by Crippen LogP contribution is 2.43. The van der Waals surface area contributed by atoms with Crippen molar-refractivity contribution in [2.45, 2.75) is 5.54 Å². The van der Waals surface area contributed by atoms with E-state index in [1.54, 1.807) is 6.20 Å². The third-order valence-electron chi connectivity index (χ3n) is 5.81. The molecule has 0 bridgehead atoms.